The van der Waals surface area contributed by atoms with Crippen LogP contribution < -0.4 is 5.32 Å². The molecule has 2 N–H and O–H groups in total. The first-order valence-electron chi connectivity index (χ1n) is 7.51. The van der Waals surface area contributed by atoms with Gasteiger partial charge < -0.3 is 15.3 Å². The zero-order chi connectivity index (χ0) is 13.8. The average Bonchev–Trinajstić information content (AvgIpc) is 2.80. The Hall–Kier alpha value is -0.650. The van der Waals surface area contributed by atoms with Crippen molar-refractivity contribution in [1.29, 1.82) is 0 Å². The first-order chi connectivity index (χ1) is 9.06. The lowest BCUT2D eigenvalue weighted by molar-refractivity contribution is -0.140. The first-order valence-corrected chi connectivity index (χ1v) is 7.51. The fourth-order valence-electron chi connectivity index (χ4n) is 3.25. The molecule has 2 saturated heterocycles. The van der Waals surface area contributed by atoms with Crippen LogP contribution in [0.1, 0.15) is 33.1 Å². The molecule has 0 saturated carbocycles. The molecule has 0 spiro atoms. The molecule has 0 aromatic rings. The summed E-state index contributed by atoms with van der Waals surface area (Å²) in [4.78, 5) is 16.2. The summed E-state index contributed by atoms with van der Waals surface area (Å²) in [5, 5.41) is 12.3. The molecule has 2 heterocycles. The Morgan fingerprint density at radius 2 is 2.16 bits per heavy atom. The zero-order valence-electron chi connectivity index (χ0n) is 12.1. The van der Waals surface area contributed by atoms with Crippen molar-refractivity contribution in [1.82, 2.24) is 15.1 Å². The number of nitrogens with one attached hydrogen (secondary N) is 1. The predicted molar refractivity (Wildman–Crippen MR) is 75.3 cm³/mol. The molecular formula is C14H27N3O2. The number of rotatable bonds is 6. The summed E-state index contributed by atoms with van der Waals surface area (Å²) in [6.45, 7) is 9.49. The highest BCUT2D eigenvalue weighted by atomic mass is 16.4. The van der Waals surface area contributed by atoms with Gasteiger partial charge in [0.2, 0.25) is 0 Å². The Bertz CT molecular complexity index is 309. The van der Waals surface area contributed by atoms with Gasteiger partial charge >= 0.3 is 5.97 Å². The highest BCUT2D eigenvalue weighted by Crippen LogP contribution is 2.21. The molecular weight excluding hydrogens is 242 g/mol. The maximum Gasteiger partial charge on any atom is 0.320 e. The Morgan fingerprint density at radius 3 is 2.84 bits per heavy atom. The van der Waals surface area contributed by atoms with Gasteiger partial charge in [0.1, 0.15) is 6.04 Å². The lowest BCUT2D eigenvalue weighted by Gasteiger charge is -2.37. The molecule has 19 heavy (non-hydrogen) atoms. The molecule has 0 radical (unpaired) electrons. The van der Waals surface area contributed by atoms with Crippen LogP contribution in [0.3, 0.4) is 0 Å². The fraction of sp³-hybridized carbons (Fsp3) is 0.929. The molecule has 0 aliphatic carbocycles. The highest BCUT2D eigenvalue weighted by Gasteiger charge is 2.30. The zero-order valence-corrected chi connectivity index (χ0v) is 12.1. The van der Waals surface area contributed by atoms with Gasteiger partial charge in [-0.2, -0.15) is 0 Å². The average molecular weight is 269 g/mol. The Balaban J connectivity index is 1.76. The number of aliphatic carboxylic acids is 1. The van der Waals surface area contributed by atoms with Crippen molar-refractivity contribution in [3.8, 4) is 0 Å². The number of carboxylic acid groups (broad SMARTS) is 1. The van der Waals surface area contributed by atoms with E-state index in [2.05, 4.69) is 15.1 Å². The van der Waals surface area contributed by atoms with Gasteiger partial charge in [-0.1, -0.05) is 13.8 Å². The summed E-state index contributed by atoms with van der Waals surface area (Å²) >= 11 is 0. The molecule has 2 aliphatic heterocycles. The largest absolute Gasteiger partial charge is 0.480 e. The summed E-state index contributed by atoms with van der Waals surface area (Å²) in [6, 6.07) is 0.518. The molecule has 5 heteroatoms. The molecule has 0 bridgehead atoms. The minimum atomic E-state index is -0.729. The smallest absolute Gasteiger partial charge is 0.320 e. The van der Waals surface area contributed by atoms with E-state index in [1.54, 1.807) is 0 Å². The van der Waals surface area contributed by atoms with Gasteiger partial charge in [-0.3, -0.25) is 9.69 Å². The van der Waals surface area contributed by atoms with E-state index in [0.717, 1.165) is 32.2 Å². The van der Waals surface area contributed by atoms with Gasteiger partial charge in [-0.05, 0) is 25.8 Å². The van der Waals surface area contributed by atoms with Crippen molar-refractivity contribution in [2.45, 2.75) is 51.2 Å². The molecule has 0 aromatic carbocycles. The maximum absolute atomic E-state index is 11.2. The normalized spacial score (nSPS) is 26.6. The second-order valence-electron chi connectivity index (χ2n) is 6.13. The Morgan fingerprint density at radius 1 is 1.37 bits per heavy atom. The number of fused-ring (bicyclic) bond motifs is 1. The van der Waals surface area contributed by atoms with Crippen molar-refractivity contribution < 1.29 is 9.90 Å². The van der Waals surface area contributed by atoms with E-state index in [1.807, 2.05) is 13.8 Å². The van der Waals surface area contributed by atoms with Crippen LogP contribution in [-0.4, -0.2) is 71.7 Å². The Kier molecular flexibility index (Phi) is 5.19. The van der Waals surface area contributed by atoms with E-state index in [0.29, 0.717) is 6.42 Å². The summed E-state index contributed by atoms with van der Waals surface area (Å²) < 4.78 is 0. The van der Waals surface area contributed by atoms with Crippen LogP contribution in [0.25, 0.3) is 0 Å². The molecule has 2 rings (SSSR count). The van der Waals surface area contributed by atoms with Gasteiger partial charge in [-0.25, -0.2) is 0 Å². The van der Waals surface area contributed by atoms with Crippen molar-refractivity contribution >= 4 is 5.97 Å². The summed E-state index contributed by atoms with van der Waals surface area (Å²) in [7, 11) is 0. The van der Waals surface area contributed by atoms with Crippen molar-refractivity contribution in [3.63, 3.8) is 0 Å². The van der Waals surface area contributed by atoms with Crippen LogP contribution >= 0.6 is 0 Å². The lowest BCUT2D eigenvalue weighted by atomic mass is 10.1. The lowest BCUT2D eigenvalue weighted by Crippen LogP contribution is -2.51. The van der Waals surface area contributed by atoms with Gasteiger partial charge in [0.15, 0.2) is 0 Å². The predicted octanol–water partition coefficient (Wildman–Crippen LogP) is 0.608. The number of carbonyl (C=O) groups is 1. The molecule has 2 aliphatic rings. The number of carboxylic acids is 1. The molecule has 110 valence electrons. The Labute approximate surface area is 115 Å². The SMILES string of the molecule is CC(C)NC(CCN1CCN2CCCC2C1)C(=O)O. The number of hydrogen-bond acceptors (Lipinski definition) is 4. The number of hydrogen-bond donors (Lipinski definition) is 2. The van der Waals surface area contributed by atoms with Crippen molar-refractivity contribution in [3.05, 3.63) is 0 Å². The van der Waals surface area contributed by atoms with Gasteiger partial charge in [-0.15, -0.1) is 0 Å². The first kappa shape index (κ1) is 14.8. The summed E-state index contributed by atoms with van der Waals surface area (Å²) in [5.41, 5.74) is 0. The number of nitrogens with zero attached hydrogens (tertiary/aromatic N) is 2. The van der Waals surface area contributed by atoms with Crippen LogP contribution in [0.2, 0.25) is 0 Å². The molecule has 0 aromatic heterocycles. The number of piperazine rings is 1. The van der Waals surface area contributed by atoms with E-state index in [4.69, 9.17) is 0 Å². The van der Waals surface area contributed by atoms with E-state index < -0.39 is 12.0 Å². The minimum absolute atomic E-state index is 0.216. The molecule has 2 fully saturated rings. The quantitative estimate of drug-likeness (QED) is 0.740. The van der Waals surface area contributed by atoms with E-state index in [1.165, 1.54) is 19.4 Å². The third-order valence-electron chi connectivity index (χ3n) is 4.24. The minimum Gasteiger partial charge on any atom is -0.480 e. The molecule has 5 nitrogen and oxygen atoms in total. The van der Waals surface area contributed by atoms with Crippen LogP contribution in [0, 0.1) is 0 Å². The second-order valence-corrected chi connectivity index (χ2v) is 6.13. The highest BCUT2D eigenvalue weighted by molar-refractivity contribution is 5.73. The van der Waals surface area contributed by atoms with Crippen LogP contribution in [0.15, 0.2) is 0 Å². The summed E-state index contributed by atoms with van der Waals surface area (Å²) in [6.07, 6.45) is 3.33. The van der Waals surface area contributed by atoms with Crippen LogP contribution in [-0.2, 0) is 4.79 Å². The van der Waals surface area contributed by atoms with Crippen molar-refractivity contribution in [2.24, 2.45) is 0 Å². The molecule has 2 unspecified atom stereocenters. The standard InChI is InChI=1S/C14H27N3O2/c1-11(2)15-13(14(18)19)5-7-16-8-9-17-6-3-4-12(17)10-16/h11-13,15H,3-10H2,1-2H3,(H,18,19). The van der Waals surface area contributed by atoms with E-state index in [9.17, 15) is 9.90 Å². The van der Waals surface area contributed by atoms with Crippen LogP contribution in [0.5, 0.6) is 0 Å². The van der Waals surface area contributed by atoms with E-state index >= 15 is 0 Å². The third-order valence-corrected chi connectivity index (χ3v) is 4.24. The third kappa shape index (κ3) is 4.16. The molecule has 0 amide bonds. The van der Waals surface area contributed by atoms with Gasteiger partial charge in [0.25, 0.3) is 0 Å². The van der Waals surface area contributed by atoms with Crippen molar-refractivity contribution in [2.75, 3.05) is 32.7 Å². The van der Waals surface area contributed by atoms with Gasteiger partial charge in [0.05, 0.1) is 0 Å². The van der Waals surface area contributed by atoms with Gasteiger partial charge in [0, 0.05) is 38.3 Å². The van der Waals surface area contributed by atoms with E-state index in [-0.39, 0.29) is 6.04 Å². The maximum atomic E-state index is 11.2. The molecule has 2 atom stereocenters. The second kappa shape index (κ2) is 6.68. The topological polar surface area (TPSA) is 55.8 Å². The fourth-order valence-corrected chi connectivity index (χ4v) is 3.25. The van der Waals surface area contributed by atoms with Crippen LogP contribution in [0.4, 0.5) is 0 Å². The summed E-state index contributed by atoms with van der Waals surface area (Å²) in [5.74, 6) is -0.729. The monoisotopic (exact) mass is 269 g/mol.